The number of ether oxygens (including phenoxy) is 2. The largest absolute Gasteiger partial charge is 0.489 e. The molecular weight excluding hydrogens is 518 g/mol. The Balaban J connectivity index is 1.68. The second-order valence-corrected chi connectivity index (χ2v) is 10.4. The normalized spacial score (nSPS) is 13.2. The lowest BCUT2D eigenvalue weighted by atomic mass is 9.96. The molecule has 0 fully saturated rings. The first kappa shape index (κ1) is 30.6. The number of hydrogen-bond donors (Lipinski definition) is 3. The average molecular weight is 555 g/mol. The number of carbonyl (C=O) groups excluding carboxylic acids is 2. The van der Waals surface area contributed by atoms with E-state index in [2.05, 4.69) is 10.6 Å². The number of rotatable bonds is 12. The number of amides is 2. The highest BCUT2D eigenvalue weighted by Gasteiger charge is 2.50. The van der Waals surface area contributed by atoms with Crippen molar-refractivity contribution < 1.29 is 33.0 Å². The predicted octanol–water partition coefficient (Wildman–Crippen LogP) is 5.06. The van der Waals surface area contributed by atoms with Gasteiger partial charge in [-0.15, -0.1) is 0 Å². The fraction of sp³-hybridized carbons (Fsp3) is 0.355. The van der Waals surface area contributed by atoms with Crippen molar-refractivity contribution in [1.29, 1.82) is 0 Å². The van der Waals surface area contributed by atoms with E-state index in [4.69, 9.17) is 9.47 Å². The van der Waals surface area contributed by atoms with E-state index in [0.29, 0.717) is 24.3 Å². The molecule has 0 saturated carbocycles. The highest BCUT2D eigenvalue weighted by atomic mass is 19.3. The van der Waals surface area contributed by atoms with E-state index in [1.165, 1.54) is 0 Å². The van der Waals surface area contributed by atoms with E-state index in [1.54, 1.807) is 45.0 Å². The number of halogens is 2. The SMILES string of the molecule is CC(C)(C)OC(=O)NC(Cc1ccc(OCc2ccccc2)cc1)C(O)C(F)(F)C(=O)NCCc1ccccc1. The molecule has 0 heterocycles. The lowest BCUT2D eigenvalue weighted by Crippen LogP contribution is -2.58. The topological polar surface area (TPSA) is 96.9 Å². The Morgan fingerprint density at radius 2 is 1.43 bits per heavy atom. The highest BCUT2D eigenvalue weighted by Crippen LogP contribution is 2.25. The zero-order valence-electron chi connectivity index (χ0n) is 22.9. The minimum atomic E-state index is -4.19. The number of benzene rings is 3. The van der Waals surface area contributed by atoms with Crippen LogP contribution in [0.2, 0.25) is 0 Å². The molecule has 3 N–H and O–H groups in total. The van der Waals surface area contributed by atoms with Gasteiger partial charge in [-0.25, -0.2) is 4.79 Å². The Hall–Kier alpha value is -3.98. The van der Waals surface area contributed by atoms with Crippen molar-refractivity contribution in [3.8, 4) is 5.75 Å². The van der Waals surface area contributed by atoms with E-state index in [0.717, 1.165) is 11.1 Å². The van der Waals surface area contributed by atoms with Crippen LogP contribution in [0.4, 0.5) is 13.6 Å². The molecule has 9 heteroatoms. The number of aliphatic hydroxyl groups excluding tert-OH is 1. The maximum Gasteiger partial charge on any atom is 0.407 e. The van der Waals surface area contributed by atoms with Crippen LogP contribution < -0.4 is 15.4 Å². The number of carbonyl (C=O) groups is 2. The van der Waals surface area contributed by atoms with Gasteiger partial charge in [-0.1, -0.05) is 72.8 Å². The lowest BCUT2D eigenvalue weighted by Gasteiger charge is -2.30. The number of nitrogens with one attached hydrogen (secondary N) is 2. The zero-order valence-corrected chi connectivity index (χ0v) is 22.9. The zero-order chi connectivity index (χ0) is 29.2. The van der Waals surface area contributed by atoms with Crippen LogP contribution in [0.5, 0.6) is 5.75 Å². The second-order valence-electron chi connectivity index (χ2n) is 10.4. The van der Waals surface area contributed by atoms with Gasteiger partial charge in [0.25, 0.3) is 5.91 Å². The Bertz CT molecular complexity index is 1220. The van der Waals surface area contributed by atoms with Gasteiger partial charge in [-0.3, -0.25) is 4.79 Å². The smallest absolute Gasteiger partial charge is 0.407 e. The van der Waals surface area contributed by atoms with Gasteiger partial charge in [-0.05, 0) is 62.4 Å². The van der Waals surface area contributed by atoms with Crippen LogP contribution >= 0.6 is 0 Å². The summed E-state index contributed by atoms with van der Waals surface area (Å²) in [4.78, 5) is 24.9. The van der Waals surface area contributed by atoms with Crippen LogP contribution in [0.25, 0.3) is 0 Å². The molecule has 0 aliphatic heterocycles. The van der Waals surface area contributed by atoms with Gasteiger partial charge < -0.3 is 25.2 Å². The van der Waals surface area contributed by atoms with Crippen LogP contribution in [0.15, 0.2) is 84.9 Å². The molecule has 2 unspecified atom stereocenters. The summed E-state index contributed by atoms with van der Waals surface area (Å²) in [5.74, 6) is -5.25. The molecule has 0 aromatic heterocycles. The first-order valence-corrected chi connectivity index (χ1v) is 13.1. The van der Waals surface area contributed by atoms with Crippen molar-refractivity contribution in [2.24, 2.45) is 0 Å². The van der Waals surface area contributed by atoms with Crippen molar-refractivity contribution >= 4 is 12.0 Å². The van der Waals surface area contributed by atoms with Crippen LogP contribution in [-0.4, -0.2) is 47.3 Å². The molecule has 2 amide bonds. The summed E-state index contributed by atoms with van der Waals surface area (Å²) >= 11 is 0. The number of hydrogen-bond acceptors (Lipinski definition) is 5. The summed E-state index contributed by atoms with van der Waals surface area (Å²) in [5, 5.41) is 15.2. The Morgan fingerprint density at radius 1 is 0.850 bits per heavy atom. The third-order valence-electron chi connectivity index (χ3n) is 5.93. The molecule has 0 bridgehead atoms. The molecule has 0 spiro atoms. The second kappa shape index (κ2) is 13.9. The first-order chi connectivity index (χ1) is 18.9. The molecule has 40 heavy (non-hydrogen) atoms. The van der Waals surface area contributed by atoms with Crippen LogP contribution in [0.3, 0.4) is 0 Å². The summed E-state index contributed by atoms with van der Waals surface area (Å²) in [7, 11) is 0. The van der Waals surface area contributed by atoms with Gasteiger partial charge in [-0.2, -0.15) is 8.78 Å². The predicted molar refractivity (Wildman–Crippen MR) is 148 cm³/mol. The number of aliphatic hydroxyl groups is 1. The van der Waals surface area contributed by atoms with Crippen LogP contribution in [0.1, 0.15) is 37.5 Å². The third-order valence-corrected chi connectivity index (χ3v) is 5.93. The van der Waals surface area contributed by atoms with E-state index >= 15 is 8.78 Å². The highest BCUT2D eigenvalue weighted by molar-refractivity contribution is 5.84. The summed E-state index contributed by atoms with van der Waals surface area (Å²) in [5.41, 5.74) is 1.50. The third kappa shape index (κ3) is 9.64. The minimum absolute atomic E-state index is 0.0419. The maximum atomic E-state index is 15.1. The molecule has 7 nitrogen and oxygen atoms in total. The van der Waals surface area contributed by atoms with Gasteiger partial charge in [0, 0.05) is 6.54 Å². The Labute approximate surface area is 233 Å². The van der Waals surface area contributed by atoms with E-state index in [-0.39, 0.29) is 13.0 Å². The molecule has 2 atom stereocenters. The molecule has 0 aliphatic rings. The molecule has 0 aliphatic carbocycles. The van der Waals surface area contributed by atoms with Gasteiger partial charge in [0.1, 0.15) is 24.1 Å². The molecule has 0 radical (unpaired) electrons. The average Bonchev–Trinajstić information content (AvgIpc) is 2.92. The molecule has 214 valence electrons. The summed E-state index contributed by atoms with van der Waals surface area (Å²) in [6.45, 7) is 5.19. The van der Waals surface area contributed by atoms with Gasteiger partial charge >= 0.3 is 12.0 Å². The van der Waals surface area contributed by atoms with Crippen molar-refractivity contribution in [3.05, 3.63) is 102 Å². The minimum Gasteiger partial charge on any atom is -0.489 e. The van der Waals surface area contributed by atoms with Crippen molar-refractivity contribution in [2.75, 3.05) is 6.54 Å². The fourth-order valence-corrected chi connectivity index (χ4v) is 3.89. The van der Waals surface area contributed by atoms with Gasteiger partial charge in [0.2, 0.25) is 0 Å². The molecular formula is C31H36F2N2O5. The first-order valence-electron chi connectivity index (χ1n) is 13.1. The lowest BCUT2D eigenvalue weighted by molar-refractivity contribution is -0.166. The quantitative estimate of drug-likeness (QED) is 0.291. The van der Waals surface area contributed by atoms with Crippen LogP contribution in [0, 0.1) is 0 Å². The van der Waals surface area contributed by atoms with Crippen molar-refractivity contribution in [2.45, 2.75) is 63.9 Å². The van der Waals surface area contributed by atoms with E-state index < -0.39 is 35.7 Å². The van der Waals surface area contributed by atoms with Crippen LogP contribution in [-0.2, 0) is 29.0 Å². The molecule has 0 saturated heterocycles. The van der Waals surface area contributed by atoms with Crippen molar-refractivity contribution in [3.63, 3.8) is 0 Å². The number of alkyl carbamates (subject to hydrolysis) is 1. The summed E-state index contributed by atoms with van der Waals surface area (Å²) < 4.78 is 41.2. The van der Waals surface area contributed by atoms with E-state index in [1.807, 2.05) is 60.7 Å². The number of alkyl halides is 2. The molecule has 3 aromatic rings. The van der Waals surface area contributed by atoms with Gasteiger partial charge in [0.15, 0.2) is 0 Å². The van der Waals surface area contributed by atoms with Gasteiger partial charge in [0.05, 0.1) is 6.04 Å². The van der Waals surface area contributed by atoms with Crippen molar-refractivity contribution in [1.82, 2.24) is 10.6 Å². The Morgan fingerprint density at radius 3 is 2.00 bits per heavy atom. The fourth-order valence-electron chi connectivity index (χ4n) is 3.89. The molecule has 3 rings (SSSR count). The standard InChI is InChI=1S/C31H36F2N2O5/c1-30(2,3)40-29(38)35-26(20-23-14-16-25(17-15-23)39-21-24-12-8-5-9-13-24)27(36)31(32,33)28(37)34-19-18-22-10-6-4-7-11-22/h4-17,26-27,36H,18-21H2,1-3H3,(H,34,37)(H,35,38). The maximum absolute atomic E-state index is 15.1. The summed E-state index contributed by atoms with van der Waals surface area (Å²) in [6, 6.07) is 23.8. The Kier molecular flexibility index (Phi) is 10.6. The van der Waals surface area contributed by atoms with E-state index in [9.17, 15) is 14.7 Å². The summed E-state index contributed by atoms with van der Waals surface area (Å²) in [6.07, 6.45) is -3.35. The molecule has 3 aromatic carbocycles. The monoisotopic (exact) mass is 554 g/mol.